The van der Waals surface area contributed by atoms with E-state index in [1.807, 2.05) is 0 Å². The van der Waals surface area contributed by atoms with Gasteiger partial charge < -0.3 is 14.7 Å². The average molecular weight is 451 g/mol. The molecule has 1 atom stereocenters. The zero-order chi connectivity index (χ0) is 23.1. The number of fused-ring (bicyclic) bond motifs is 5. The maximum absolute atomic E-state index is 14.4. The minimum absolute atomic E-state index is 0.0234. The third-order valence-corrected chi connectivity index (χ3v) is 5.69. The molecule has 0 unspecified atom stereocenters. The zero-order valence-corrected chi connectivity index (χ0v) is 17.3. The first kappa shape index (κ1) is 20.7. The zero-order valence-electron chi connectivity index (χ0n) is 17.3. The van der Waals surface area contributed by atoms with E-state index in [0.29, 0.717) is 16.9 Å². The van der Waals surface area contributed by atoms with Crippen molar-refractivity contribution in [3.8, 4) is 11.5 Å². The molecule has 2 bridgehead atoms. The highest BCUT2D eigenvalue weighted by atomic mass is 19.1. The Kier molecular flexibility index (Phi) is 5.08. The second-order valence-corrected chi connectivity index (χ2v) is 7.75. The Hall–Kier alpha value is -4.14. The molecule has 5 rings (SSSR count). The van der Waals surface area contributed by atoms with Crippen molar-refractivity contribution in [3.63, 3.8) is 0 Å². The monoisotopic (exact) mass is 451 g/mol. The van der Waals surface area contributed by atoms with E-state index in [0.717, 1.165) is 6.07 Å². The predicted molar refractivity (Wildman–Crippen MR) is 116 cm³/mol. The van der Waals surface area contributed by atoms with Crippen LogP contribution in [-0.4, -0.2) is 40.4 Å². The molecular weight excluding hydrogens is 432 g/mol. The van der Waals surface area contributed by atoms with Crippen LogP contribution in [0.5, 0.6) is 11.5 Å². The van der Waals surface area contributed by atoms with Crippen molar-refractivity contribution in [2.75, 3.05) is 24.8 Å². The number of carbonyl (C=O) groups excluding carboxylic acids is 1. The van der Waals surface area contributed by atoms with E-state index in [-0.39, 0.29) is 25.5 Å². The van der Waals surface area contributed by atoms with Crippen LogP contribution < -0.4 is 15.2 Å². The lowest BCUT2D eigenvalue weighted by Gasteiger charge is -2.43. The molecule has 0 saturated heterocycles. The highest BCUT2D eigenvalue weighted by molar-refractivity contribution is 5.96. The first-order chi connectivity index (χ1) is 15.9. The van der Waals surface area contributed by atoms with Gasteiger partial charge in [0, 0.05) is 24.4 Å². The molecule has 0 radical (unpaired) electrons. The molecule has 1 aromatic heterocycles. The van der Waals surface area contributed by atoms with E-state index in [4.69, 9.17) is 4.74 Å². The molecule has 0 aliphatic carbocycles. The van der Waals surface area contributed by atoms with Gasteiger partial charge in [-0.2, -0.15) is 0 Å². The van der Waals surface area contributed by atoms with Gasteiger partial charge in [0.25, 0.3) is 5.91 Å². The van der Waals surface area contributed by atoms with Crippen molar-refractivity contribution in [2.24, 2.45) is 0 Å². The number of rotatable bonds is 1. The third kappa shape index (κ3) is 3.61. The van der Waals surface area contributed by atoms with Crippen LogP contribution in [0.2, 0.25) is 0 Å². The standard InChI is InChI=1S/C24H19F2N3O4/c25-16-5-3-4-15(12-16)21-18-13-17(26)6-7-20(18)33-11-2-1-9-27-14-29(21)28-10-8-19(30)23(31)22(28)24(27)32/h1-8,10,12-13,21,31H,9,11,14H2/b2-1-/t21-/m1/s1. The number of amides is 1. The molecule has 2 aromatic carbocycles. The van der Waals surface area contributed by atoms with Gasteiger partial charge in [0.1, 0.15) is 36.7 Å². The van der Waals surface area contributed by atoms with E-state index in [1.54, 1.807) is 23.2 Å². The summed E-state index contributed by atoms with van der Waals surface area (Å²) in [5, 5.41) is 12.1. The lowest BCUT2D eigenvalue weighted by atomic mass is 9.96. The van der Waals surface area contributed by atoms with Crippen LogP contribution in [0.1, 0.15) is 27.7 Å². The molecule has 3 heterocycles. The molecule has 0 fully saturated rings. The smallest absolute Gasteiger partial charge is 0.278 e. The van der Waals surface area contributed by atoms with Crippen molar-refractivity contribution in [3.05, 3.63) is 106 Å². The summed E-state index contributed by atoms with van der Waals surface area (Å²) < 4.78 is 36.0. The molecule has 0 spiro atoms. The van der Waals surface area contributed by atoms with E-state index >= 15 is 0 Å². The second kappa shape index (κ2) is 8.09. The average Bonchev–Trinajstić information content (AvgIpc) is 2.82. The Labute approximate surface area is 187 Å². The Morgan fingerprint density at radius 3 is 2.64 bits per heavy atom. The van der Waals surface area contributed by atoms with E-state index in [2.05, 4.69) is 0 Å². The third-order valence-electron chi connectivity index (χ3n) is 5.69. The molecule has 1 amide bonds. The van der Waals surface area contributed by atoms with E-state index < -0.39 is 34.8 Å². The summed E-state index contributed by atoms with van der Waals surface area (Å²) in [5.74, 6) is -1.85. The summed E-state index contributed by atoms with van der Waals surface area (Å²) in [4.78, 5) is 26.7. The summed E-state index contributed by atoms with van der Waals surface area (Å²) in [6, 6.07) is 10.2. The van der Waals surface area contributed by atoms with E-state index in [9.17, 15) is 23.5 Å². The summed E-state index contributed by atoms with van der Waals surface area (Å²) >= 11 is 0. The van der Waals surface area contributed by atoms with Crippen molar-refractivity contribution in [1.82, 2.24) is 9.58 Å². The second-order valence-electron chi connectivity index (χ2n) is 7.75. The molecule has 1 N–H and O–H groups in total. The minimum atomic E-state index is -0.819. The SMILES string of the molecule is O=C1c2c(O)c(=O)ccn2N2CN1C/C=C\COc1ccc(F)cc1[C@H]2c1cccc(F)c1. The molecule has 2 aliphatic rings. The van der Waals surface area contributed by atoms with Gasteiger partial charge in [-0.15, -0.1) is 0 Å². The largest absolute Gasteiger partial charge is 0.502 e. The van der Waals surface area contributed by atoms with Crippen LogP contribution >= 0.6 is 0 Å². The van der Waals surface area contributed by atoms with Gasteiger partial charge in [0.2, 0.25) is 5.43 Å². The minimum Gasteiger partial charge on any atom is -0.502 e. The number of aromatic hydroxyl groups is 1. The number of halogens is 2. The Morgan fingerprint density at radius 2 is 1.82 bits per heavy atom. The number of benzene rings is 2. The van der Waals surface area contributed by atoms with Crippen LogP contribution in [0.4, 0.5) is 8.78 Å². The van der Waals surface area contributed by atoms with E-state index in [1.165, 1.54) is 52.2 Å². The van der Waals surface area contributed by atoms with Gasteiger partial charge in [-0.3, -0.25) is 19.3 Å². The number of hydrogen-bond donors (Lipinski definition) is 1. The lowest BCUT2D eigenvalue weighted by molar-refractivity contribution is 0.0701. The van der Waals surface area contributed by atoms with Crippen molar-refractivity contribution in [1.29, 1.82) is 0 Å². The summed E-state index contributed by atoms with van der Waals surface area (Å²) in [7, 11) is 0. The Bertz CT molecular complexity index is 1340. The molecular formula is C24H19F2N3O4. The van der Waals surface area contributed by atoms with Gasteiger partial charge in [-0.05, 0) is 42.0 Å². The molecule has 3 aromatic rings. The highest BCUT2D eigenvalue weighted by Crippen LogP contribution is 2.37. The molecule has 33 heavy (non-hydrogen) atoms. The lowest BCUT2D eigenvalue weighted by Crippen LogP contribution is -2.55. The van der Waals surface area contributed by atoms with Crippen LogP contribution in [0.15, 0.2) is 71.7 Å². The van der Waals surface area contributed by atoms with Crippen molar-refractivity contribution < 1.29 is 23.4 Å². The van der Waals surface area contributed by atoms with Crippen molar-refractivity contribution >= 4 is 5.91 Å². The fraction of sp³-hybridized carbons (Fsp3) is 0.167. The fourth-order valence-electron chi connectivity index (χ4n) is 4.20. The van der Waals surface area contributed by atoms with Gasteiger partial charge in [-0.25, -0.2) is 8.78 Å². The summed E-state index contributed by atoms with van der Waals surface area (Å²) in [6.45, 7) is 0.379. The summed E-state index contributed by atoms with van der Waals surface area (Å²) in [5.41, 5.74) is -0.0551. The van der Waals surface area contributed by atoms with Crippen LogP contribution in [0.3, 0.4) is 0 Å². The summed E-state index contributed by atoms with van der Waals surface area (Å²) in [6.07, 6.45) is 4.82. The predicted octanol–water partition coefficient (Wildman–Crippen LogP) is 2.92. The van der Waals surface area contributed by atoms with Crippen LogP contribution in [0, 0.1) is 11.6 Å². The van der Waals surface area contributed by atoms with Gasteiger partial charge in [-0.1, -0.05) is 18.2 Å². The Morgan fingerprint density at radius 1 is 1.00 bits per heavy atom. The van der Waals surface area contributed by atoms with Gasteiger partial charge in [0.05, 0.1) is 0 Å². The number of carbonyl (C=O) groups is 1. The normalized spacial score (nSPS) is 18.6. The Balaban J connectivity index is 1.82. The number of hydrogen-bond acceptors (Lipinski definition) is 5. The number of pyridine rings is 1. The van der Waals surface area contributed by atoms with Crippen LogP contribution in [0.25, 0.3) is 0 Å². The highest BCUT2D eigenvalue weighted by Gasteiger charge is 2.37. The van der Waals surface area contributed by atoms with Gasteiger partial charge >= 0.3 is 0 Å². The molecule has 168 valence electrons. The quantitative estimate of drug-likeness (QED) is 0.576. The maximum atomic E-state index is 14.4. The number of aromatic nitrogens is 1. The first-order valence-corrected chi connectivity index (χ1v) is 10.3. The number of ether oxygens (including phenoxy) is 1. The molecule has 9 heteroatoms. The molecule has 0 saturated carbocycles. The van der Waals surface area contributed by atoms with Crippen molar-refractivity contribution in [2.45, 2.75) is 6.04 Å². The van der Waals surface area contributed by atoms with Crippen LogP contribution in [-0.2, 0) is 0 Å². The number of nitrogens with zero attached hydrogens (tertiary/aromatic N) is 3. The maximum Gasteiger partial charge on any atom is 0.278 e. The molecule has 7 nitrogen and oxygen atoms in total. The topological polar surface area (TPSA) is 75.0 Å². The van der Waals surface area contributed by atoms with Gasteiger partial charge in [0.15, 0.2) is 11.4 Å². The fourth-order valence-corrected chi connectivity index (χ4v) is 4.20. The first-order valence-electron chi connectivity index (χ1n) is 10.3. The molecule has 2 aliphatic heterocycles.